The fourth-order valence-electron chi connectivity index (χ4n) is 6.61. The summed E-state index contributed by atoms with van der Waals surface area (Å²) >= 11 is 0. The zero-order valence-corrected chi connectivity index (χ0v) is 21.5. The van der Waals surface area contributed by atoms with Gasteiger partial charge < -0.3 is 9.53 Å². The lowest BCUT2D eigenvalue weighted by molar-refractivity contribution is -0.0848. The molecule has 2 nitrogen and oxygen atoms in total. The molecular formula is C26H46O2Si. The van der Waals surface area contributed by atoms with E-state index in [0.29, 0.717) is 17.4 Å². The highest BCUT2D eigenvalue weighted by atomic mass is 28.4. The molecule has 166 valence electrons. The third-order valence-corrected chi connectivity index (χ3v) is 14.2. The minimum atomic E-state index is -1.78. The molecule has 0 aromatic rings. The number of allylic oxidation sites excluding steroid dienone is 2. The molecule has 4 atom stereocenters. The summed E-state index contributed by atoms with van der Waals surface area (Å²) in [6, 6.07) is 0. The van der Waals surface area contributed by atoms with Crippen molar-refractivity contribution in [2.75, 3.05) is 6.61 Å². The van der Waals surface area contributed by atoms with E-state index < -0.39 is 8.32 Å². The Hall–Kier alpha value is -0.383. The van der Waals surface area contributed by atoms with Crippen molar-refractivity contribution in [1.82, 2.24) is 0 Å². The maximum absolute atomic E-state index is 10.0. The Kier molecular flexibility index (Phi) is 5.90. The summed E-state index contributed by atoms with van der Waals surface area (Å²) in [5.41, 5.74) is 3.79. The van der Waals surface area contributed by atoms with E-state index in [1.807, 2.05) is 6.08 Å². The van der Waals surface area contributed by atoms with Gasteiger partial charge in [0.05, 0.1) is 12.7 Å². The molecule has 3 heteroatoms. The second kappa shape index (κ2) is 7.34. The normalized spacial score (nSPS) is 37.7. The standard InChI is InChI=1S/C26H46O2Si/c1-10-26(18-27)16-13-20-19(17-26)11-12-21-24(5,6)22(14-15-25(20,21)7)28-29(8,9)23(2,3)4/h10,21-22,27H,1,11-18H2,2-9H3/t21-,22-,25+,26-/m0/s1. The van der Waals surface area contributed by atoms with E-state index in [4.69, 9.17) is 4.43 Å². The van der Waals surface area contributed by atoms with Gasteiger partial charge in [-0.1, -0.05) is 58.8 Å². The summed E-state index contributed by atoms with van der Waals surface area (Å²) in [5, 5.41) is 10.3. The Balaban J connectivity index is 1.89. The predicted molar refractivity (Wildman–Crippen MR) is 127 cm³/mol. The largest absolute Gasteiger partial charge is 0.413 e. The third-order valence-electron chi connectivity index (χ3n) is 9.70. The lowest BCUT2D eigenvalue weighted by Crippen LogP contribution is -2.57. The van der Waals surface area contributed by atoms with E-state index in [2.05, 4.69) is 61.2 Å². The van der Waals surface area contributed by atoms with Gasteiger partial charge in [0.2, 0.25) is 0 Å². The first-order valence-electron chi connectivity index (χ1n) is 11.9. The molecule has 0 unspecified atom stereocenters. The number of hydrogen-bond donors (Lipinski definition) is 1. The number of aliphatic hydroxyl groups is 1. The quantitative estimate of drug-likeness (QED) is 0.384. The molecule has 29 heavy (non-hydrogen) atoms. The van der Waals surface area contributed by atoms with Gasteiger partial charge in [-0.2, -0.15) is 0 Å². The Labute approximate surface area is 181 Å². The van der Waals surface area contributed by atoms with E-state index in [1.54, 1.807) is 11.1 Å². The zero-order valence-electron chi connectivity index (χ0n) is 20.5. The van der Waals surface area contributed by atoms with Crippen molar-refractivity contribution in [2.45, 2.75) is 111 Å². The van der Waals surface area contributed by atoms with Crippen LogP contribution in [-0.4, -0.2) is 26.1 Å². The highest BCUT2D eigenvalue weighted by Gasteiger charge is 2.57. The summed E-state index contributed by atoms with van der Waals surface area (Å²) in [7, 11) is -1.78. The van der Waals surface area contributed by atoms with E-state index >= 15 is 0 Å². The van der Waals surface area contributed by atoms with Crippen LogP contribution in [0.4, 0.5) is 0 Å². The fourth-order valence-corrected chi connectivity index (χ4v) is 8.10. The van der Waals surface area contributed by atoms with E-state index in [-0.39, 0.29) is 22.5 Å². The Bertz CT molecular complexity index is 683. The van der Waals surface area contributed by atoms with Gasteiger partial charge in [-0.3, -0.25) is 0 Å². The summed E-state index contributed by atoms with van der Waals surface area (Å²) < 4.78 is 7.03. The van der Waals surface area contributed by atoms with Crippen LogP contribution in [0.15, 0.2) is 23.8 Å². The van der Waals surface area contributed by atoms with Crippen molar-refractivity contribution in [1.29, 1.82) is 0 Å². The van der Waals surface area contributed by atoms with Crippen LogP contribution in [-0.2, 0) is 4.43 Å². The first-order chi connectivity index (χ1) is 13.2. The van der Waals surface area contributed by atoms with Crippen molar-refractivity contribution in [3.63, 3.8) is 0 Å². The molecule has 1 saturated carbocycles. The molecule has 3 rings (SSSR count). The van der Waals surface area contributed by atoms with Crippen LogP contribution in [0.5, 0.6) is 0 Å². The first kappa shape index (κ1) is 23.3. The van der Waals surface area contributed by atoms with Crippen molar-refractivity contribution in [3.05, 3.63) is 23.8 Å². The molecule has 0 bridgehead atoms. The van der Waals surface area contributed by atoms with Crippen molar-refractivity contribution in [2.24, 2.45) is 22.2 Å². The second-order valence-electron chi connectivity index (χ2n) is 12.7. The number of aliphatic hydroxyl groups excluding tert-OH is 1. The summed E-state index contributed by atoms with van der Waals surface area (Å²) in [6.07, 6.45) is 10.5. The van der Waals surface area contributed by atoms with Crippen molar-refractivity contribution < 1.29 is 9.53 Å². The van der Waals surface area contributed by atoms with Crippen molar-refractivity contribution in [3.8, 4) is 0 Å². The minimum absolute atomic E-state index is 0.0831. The van der Waals surface area contributed by atoms with Gasteiger partial charge in [-0.15, -0.1) is 6.58 Å². The van der Waals surface area contributed by atoms with Crippen molar-refractivity contribution >= 4 is 8.32 Å². The van der Waals surface area contributed by atoms with E-state index in [1.165, 1.54) is 25.7 Å². The van der Waals surface area contributed by atoms with Gasteiger partial charge in [0.15, 0.2) is 8.32 Å². The average Bonchev–Trinajstić information content (AvgIpc) is 2.62. The lowest BCUT2D eigenvalue weighted by atomic mass is 9.47. The molecule has 3 aliphatic carbocycles. The maximum Gasteiger partial charge on any atom is 0.192 e. The SMILES string of the molecule is C=C[C@]1(CO)CCC2=C(CC[C@H]3C(C)(C)[C@@H](O[Si](C)(C)C(C)(C)C)CC[C@]23C)C1. The van der Waals surface area contributed by atoms with Crippen LogP contribution in [0, 0.1) is 22.2 Å². The summed E-state index contributed by atoms with van der Waals surface area (Å²) in [6.45, 7) is 23.7. The molecule has 0 heterocycles. The summed E-state index contributed by atoms with van der Waals surface area (Å²) in [4.78, 5) is 0. The predicted octanol–water partition coefficient (Wildman–Crippen LogP) is 7.26. The van der Waals surface area contributed by atoms with Crippen LogP contribution < -0.4 is 0 Å². The fraction of sp³-hybridized carbons (Fsp3) is 0.846. The highest BCUT2D eigenvalue weighted by molar-refractivity contribution is 6.74. The molecule has 0 spiro atoms. The van der Waals surface area contributed by atoms with Gasteiger partial charge in [-0.25, -0.2) is 0 Å². The van der Waals surface area contributed by atoms with Crippen LogP contribution in [0.1, 0.15) is 86.5 Å². The molecule has 0 aromatic heterocycles. The first-order valence-corrected chi connectivity index (χ1v) is 14.8. The molecule has 0 aromatic carbocycles. The highest BCUT2D eigenvalue weighted by Crippen LogP contribution is 2.64. The second-order valence-corrected chi connectivity index (χ2v) is 17.5. The molecule has 0 saturated heterocycles. The van der Waals surface area contributed by atoms with Gasteiger partial charge >= 0.3 is 0 Å². The smallest absolute Gasteiger partial charge is 0.192 e. The Morgan fingerprint density at radius 2 is 1.79 bits per heavy atom. The maximum atomic E-state index is 10.0. The summed E-state index contributed by atoms with van der Waals surface area (Å²) in [5.74, 6) is 0.683. The van der Waals surface area contributed by atoms with Crippen LogP contribution >= 0.6 is 0 Å². The lowest BCUT2D eigenvalue weighted by Gasteiger charge is -2.60. The van der Waals surface area contributed by atoms with E-state index in [0.717, 1.165) is 19.3 Å². The number of rotatable bonds is 4. The zero-order chi connectivity index (χ0) is 21.9. The van der Waals surface area contributed by atoms with E-state index in [9.17, 15) is 5.11 Å². The Morgan fingerprint density at radius 3 is 2.34 bits per heavy atom. The molecule has 1 fully saturated rings. The van der Waals surface area contributed by atoms with Crippen LogP contribution in [0.3, 0.4) is 0 Å². The van der Waals surface area contributed by atoms with Gasteiger partial charge in [-0.05, 0) is 79.8 Å². The minimum Gasteiger partial charge on any atom is -0.413 e. The van der Waals surface area contributed by atoms with Gasteiger partial charge in [0, 0.05) is 5.41 Å². The van der Waals surface area contributed by atoms with Crippen LogP contribution in [0.25, 0.3) is 0 Å². The molecule has 0 radical (unpaired) electrons. The molecular weight excluding hydrogens is 372 g/mol. The van der Waals surface area contributed by atoms with Gasteiger partial charge in [0.25, 0.3) is 0 Å². The third kappa shape index (κ3) is 3.74. The van der Waals surface area contributed by atoms with Gasteiger partial charge in [0.1, 0.15) is 0 Å². The average molecular weight is 419 g/mol. The molecule has 0 aliphatic heterocycles. The number of fused-ring (bicyclic) bond motifs is 2. The molecule has 3 aliphatic rings. The monoisotopic (exact) mass is 418 g/mol. The number of hydrogen-bond acceptors (Lipinski definition) is 2. The topological polar surface area (TPSA) is 29.5 Å². The molecule has 0 amide bonds. The van der Waals surface area contributed by atoms with Crippen LogP contribution in [0.2, 0.25) is 18.1 Å². The molecule has 1 N–H and O–H groups in total. The Morgan fingerprint density at radius 1 is 1.14 bits per heavy atom.